The van der Waals surface area contributed by atoms with Crippen LogP contribution in [0.15, 0.2) is 24.4 Å². The standard InChI is InChI=1S/C15H18N2O/c1-11-5-6-14-12(9-11)13(15(18)16-14)10-17-7-3-2-4-8-17/h5-6,9-10H,2-4,7-8H2,1H3,(H,16,18)/b13-10+. The number of likely N-dealkylation sites (tertiary alicyclic amines) is 1. The summed E-state index contributed by atoms with van der Waals surface area (Å²) in [5.41, 5.74) is 3.99. The number of nitrogens with one attached hydrogen (secondary N) is 1. The topological polar surface area (TPSA) is 32.3 Å². The van der Waals surface area contributed by atoms with Gasteiger partial charge in [-0.3, -0.25) is 4.79 Å². The molecule has 2 aliphatic rings. The third-order valence-electron chi connectivity index (χ3n) is 3.66. The van der Waals surface area contributed by atoms with Gasteiger partial charge in [0.15, 0.2) is 0 Å². The Hall–Kier alpha value is -1.77. The van der Waals surface area contributed by atoms with Gasteiger partial charge in [0.2, 0.25) is 0 Å². The molecule has 0 aliphatic carbocycles. The van der Waals surface area contributed by atoms with E-state index in [9.17, 15) is 4.79 Å². The molecule has 1 aromatic carbocycles. The molecule has 0 bridgehead atoms. The van der Waals surface area contributed by atoms with E-state index in [0.717, 1.165) is 29.9 Å². The van der Waals surface area contributed by atoms with Gasteiger partial charge < -0.3 is 10.2 Å². The summed E-state index contributed by atoms with van der Waals surface area (Å²) in [5, 5.41) is 2.93. The van der Waals surface area contributed by atoms with Gasteiger partial charge in [-0.05, 0) is 38.3 Å². The van der Waals surface area contributed by atoms with E-state index in [1.807, 2.05) is 18.3 Å². The lowest BCUT2D eigenvalue weighted by atomic mass is 10.0. The van der Waals surface area contributed by atoms with Gasteiger partial charge in [-0.2, -0.15) is 0 Å². The summed E-state index contributed by atoms with van der Waals surface area (Å²) in [6.07, 6.45) is 5.81. The van der Waals surface area contributed by atoms with Crippen LogP contribution in [-0.2, 0) is 4.79 Å². The summed E-state index contributed by atoms with van der Waals surface area (Å²) in [4.78, 5) is 14.3. The van der Waals surface area contributed by atoms with Crippen molar-refractivity contribution in [1.82, 2.24) is 4.90 Å². The van der Waals surface area contributed by atoms with Gasteiger partial charge >= 0.3 is 0 Å². The third kappa shape index (κ3) is 2.01. The molecule has 0 atom stereocenters. The molecule has 0 saturated carbocycles. The lowest BCUT2D eigenvalue weighted by Gasteiger charge is -2.25. The molecule has 0 aromatic heterocycles. The Morgan fingerprint density at radius 2 is 2.00 bits per heavy atom. The summed E-state index contributed by atoms with van der Waals surface area (Å²) in [6, 6.07) is 6.10. The van der Waals surface area contributed by atoms with Crippen molar-refractivity contribution in [1.29, 1.82) is 0 Å². The van der Waals surface area contributed by atoms with Crippen molar-refractivity contribution < 1.29 is 4.79 Å². The minimum absolute atomic E-state index is 0.0289. The van der Waals surface area contributed by atoms with Crippen LogP contribution in [0.3, 0.4) is 0 Å². The molecule has 1 N–H and O–H groups in total. The Labute approximate surface area is 107 Å². The molecule has 18 heavy (non-hydrogen) atoms. The van der Waals surface area contributed by atoms with Gasteiger partial charge in [0.05, 0.1) is 5.57 Å². The highest BCUT2D eigenvalue weighted by atomic mass is 16.2. The zero-order valence-electron chi connectivity index (χ0n) is 10.7. The lowest BCUT2D eigenvalue weighted by Crippen LogP contribution is -2.25. The van der Waals surface area contributed by atoms with Crippen LogP contribution >= 0.6 is 0 Å². The zero-order chi connectivity index (χ0) is 12.5. The minimum Gasteiger partial charge on any atom is -0.377 e. The summed E-state index contributed by atoms with van der Waals surface area (Å²) >= 11 is 0. The van der Waals surface area contributed by atoms with Crippen molar-refractivity contribution in [2.75, 3.05) is 18.4 Å². The normalized spacial score (nSPS) is 21.1. The molecule has 1 aromatic rings. The Bertz CT molecular complexity index is 513. The van der Waals surface area contributed by atoms with Gasteiger partial charge in [-0.15, -0.1) is 0 Å². The van der Waals surface area contributed by atoms with E-state index < -0.39 is 0 Å². The average Bonchev–Trinajstić information content (AvgIpc) is 2.67. The molecular formula is C15H18N2O. The number of amides is 1. The lowest BCUT2D eigenvalue weighted by molar-refractivity contribution is -0.110. The summed E-state index contributed by atoms with van der Waals surface area (Å²) in [7, 11) is 0. The first kappa shape index (κ1) is 11.3. The van der Waals surface area contributed by atoms with Crippen LogP contribution in [0.25, 0.3) is 5.57 Å². The average molecular weight is 242 g/mol. The number of carbonyl (C=O) groups is 1. The number of rotatable bonds is 1. The molecule has 1 saturated heterocycles. The van der Waals surface area contributed by atoms with Crippen LogP contribution in [0.1, 0.15) is 30.4 Å². The first-order valence-electron chi connectivity index (χ1n) is 6.62. The molecule has 2 aliphatic heterocycles. The maximum absolute atomic E-state index is 12.0. The fourth-order valence-corrected chi connectivity index (χ4v) is 2.66. The number of hydrogen-bond donors (Lipinski definition) is 1. The summed E-state index contributed by atoms with van der Waals surface area (Å²) in [5.74, 6) is 0.0289. The summed E-state index contributed by atoms with van der Waals surface area (Å²) in [6.45, 7) is 4.19. The molecule has 0 radical (unpaired) electrons. The number of hydrogen-bond acceptors (Lipinski definition) is 2. The van der Waals surface area contributed by atoms with Crippen molar-refractivity contribution in [2.45, 2.75) is 26.2 Å². The third-order valence-corrected chi connectivity index (χ3v) is 3.66. The Balaban J connectivity index is 1.95. The highest BCUT2D eigenvalue weighted by molar-refractivity contribution is 6.31. The van der Waals surface area contributed by atoms with E-state index in [0.29, 0.717) is 0 Å². The van der Waals surface area contributed by atoms with Gasteiger partial charge in [0.1, 0.15) is 0 Å². The van der Waals surface area contributed by atoms with E-state index in [1.165, 1.54) is 24.8 Å². The number of anilines is 1. The predicted octanol–water partition coefficient (Wildman–Crippen LogP) is 2.77. The Morgan fingerprint density at radius 1 is 1.22 bits per heavy atom. The van der Waals surface area contributed by atoms with Crippen LogP contribution in [-0.4, -0.2) is 23.9 Å². The van der Waals surface area contributed by atoms with Crippen molar-refractivity contribution in [3.63, 3.8) is 0 Å². The molecule has 0 spiro atoms. The number of carbonyl (C=O) groups excluding carboxylic acids is 1. The molecule has 3 heteroatoms. The van der Waals surface area contributed by atoms with Crippen LogP contribution in [0, 0.1) is 6.92 Å². The van der Waals surface area contributed by atoms with Gasteiger partial charge in [0, 0.05) is 30.5 Å². The van der Waals surface area contributed by atoms with Crippen molar-refractivity contribution in [3.05, 3.63) is 35.5 Å². The number of aryl methyl sites for hydroxylation is 1. The fourth-order valence-electron chi connectivity index (χ4n) is 2.66. The number of fused-ring (bicyclic) bond motifs is 1. The molecule has 1 fully saturated rings. The van der Waals surface area contributed by atoms with Crippen LogP contribution in [0.2, 0.25) is 0 Å². The predicted molar refractivity (Wildman–Crippen MR) is 73.2 cm³/mol. The fraction of sp³-hybridized carbons (Fsp3) is 0.400. The van der Waals surface area contributed by atoms with Crippen molar-refractivity contribution in [2.24, 2.45) is 0 Å². The number of nitrogens with zero attached hydrogens (tertiary/aromatic N) is 1. The first-order valence-corrected chi connectivity index (χ1v) is 6.62. The smallest absolute Gasteiger partial charge is 0.257 e. The quantitative estimate of drug-likeness (QED) is 0.768. The molecule has 1 amide bonds. The first-order chi connectivity index (χ1) is 8.74. The number of benzene rings is 1. The second-order valence-electron chi connectivity index (χ2n) is 5.14. The molecule has 0 unspecified atom stereocenters. The van der Waals surface area contributed by atoms with E-state index >= 15 is 0 Å². The minimum atomic E-state index is 0.0289. The molecule has 94 valence electrons. The van der Waals surface area contributed by atoms with E-state index in [-0.39, 0.29) is 5.91 Å². The maximum Gasteiger partial charge on any atom is 0.257 e. The van der Waals surface area contributed by atoms with Gasteiger partial charge in [0.25, 0.3) is 5.91 Å². The largest absolute Gasteiger partial charge is 0.377 e. The van der Waals surface area contributed by atoms with E-state index in [4.69, 9.17) is 0 Å². The monoisotopic (exact) mass is 242 g/mol. The summed E-state index contributed by atoms with van der Waals surface area (Å²) < 4.78 is 0. The highest BCUT2D eigenvalue weighted by Gasteiger charge is 2.25. The molecular weight excluding hydrogens is 224 g/mol. The zero-order valence-corrected chi connectivity index (χ0v) is 10.7. The maximum atomic E-state index is 12.0. The van der Waals surface area contributed by atoms with E-state index in [2.05, 4.69) is 23.2 Å². The SMILES string of the molecule is Cc1ccc2c(c1)/C(=C\N1CCCCC1)C(=O)N2. The Morgan fingerprint density at radius 3 is 2.78 bits per heavy atom. The molecule has 3 nitrogen and oxygen atoms in total. The number of piperidine rings is 1. The van der Waals surface area contributed by atoms with Crippen molar-refractivity contribution in [3.8, 4) is 0 Å². The van der Waals surface area contributed by atoms with Gasteiger partial charge in [-0.1, -0.05) is 11.6 Å². The molecule has 3 rings (SSSR count). The van der Waals surface area contributed by atoms with Crippen LogP contribution in [0.5, 0.6) is 0 Å². The molecule has 2 heterocycles. The van der Waals surface area contributed by atoms with E-state index in [1.54, 1.807) is 0 Å². The van der Waals surface area contributed by atoms with Crippen LogP contribution < -0.4 is 5.32 Å². The van der Waals surface area contributed by atoms with Gasteiger partial charge in [-0.25, -0.2) is 0 Å². The second-order valence-corrected chi connectivity index (χ2v) is 5.14. The van der Waals surface area contributed by atoms with Crippen molar-refractivity contribution >= 4 is 17.2 Å². The second kappa shape index (κ2) is 4.48. The van der Waals surface area contributed by atoms with Crippen LogP contribution in [0.4, 0.5) is 5.69 Å². The Kier molecular flexibility index (Phi) is 2.82. The highest BCUT2D eigenvalue weighted by Crippen LogP contribution is 2.32.